The van der Waals surface area contributed by atoms with E-state index in [4.69, 9.17) is 0 Å². The van der Waals surface area contributed by atoms with E-state index >= 15 is 0 Å². The molecule has 0 aromatic heterocycles. The highest BCUT2D eigenvalue weighted by Crippen LogP contribution is 2.23. The molecule has 2 N–H and O–H groups in total. The van der Waals surface area contributed by atoms with Crippen molar-refractivity contribution in [3.63, 3.8) is 0 Å². The average Bonchev–Trinajstić information content (AvgIpc) is 2.23. The van der Waals surface area contributed by atoms with Crippen molar-refractivity contribution < 1.29 is 5.11 Å². The summed E-state index contributed by atoms with van der Waals surface area (Å²) in [6.45, 7) is 0. The number of nitrogens with one attached hydrogen (secondary N) is 1. The van der Waals surface area contributed by atoms with E-state index < -0.39 is 0 Å². The molecule has 0 bridgehead atoms. The first-order valence-corrected chi connectivity index (χ1v) is 6.30. The standard InChI is InChI=1S/C12H23NO/c14-12-9-5-4-8-11(12)13-10-6-2-1-3-7-10/h10-14H,1-9H2/t11-,12-/m1/s1. The highest BCUT2D eigenvalue weighted by Gasteiger charge is 2.25. The van der Waals surface area contributed by atoms with Crippen LogP contribution in [0.4, 0.5) is 0 Å². The summed E-state index contributed by atoms with van der Waals surface area (Å²) in [6, 6.07) is 1.09. The Morgan fingerprint density at radius 2 is 1.43 bits per heavy atom. The van der Waals surface area contributed by atoms with Crippen LogP contribution in [-0.4, -0.2) is 23.3 Å². The number of aliphatic hydroxyl groups excluding tert-OH is 1. The molecule has 2 saturated carbocycles. The van der Waals surface area contributed by atoms with Gasteiger partial charge in [-0.15, -0.1) is 0 Å². The number of hydrogen-bond acceptors (Lipinski definition) is 2. The molecule has 0 spiro atoms. The summed E-state index contributed by atoms with van der Waals surface area (Å²) < 4.78 is 0. The molecule has 0 radical (unpaired) electrons. The number of hydrogen-bond donors (Lipinski definition) is 2. The summed E-state index contributed by atoms with van der Waals surface area (Å²) in [5.74, 6) is 0. The van der Waals surface area contributed by atoms with Crippen LogP contribution in [0.5, 0.6) is 0 Å². The first-order valence-electron chi connectivity index (χ1n) is 6.30. The molecule has 0 heterocycles. The minimum Gasteiger partial charge on any atom is -0.392 e. The third-order valence-corrected chi connectivity index (χ3v) is 3.78. The van der Waals surface area contributed by atoms with Gasteiger partial charge in [-0.3, -0.25) is 0 Å². The van der Waals surface area contributed by atoms with Crippen LogP contribution in [0, 0.1) is 0 Å². The fourth-order valence-electron chi connectivity index (χ4n) is 2.88. The van der Waals surface area contributed by atoms with Crippen LogP contribution < -0.4 is 5.32 Å². The molecule has 0 aromatic rings. The minimum atomic E-state index is -0.0781. The first-order chi connectivity index (χ1) is 6.86. The summed E-state index contributed by atoms with van der Waals surface area (Å²) in [6.07, 6.45) is 11.4. The van der Waals surface area contributed by atoms with Crippen molar-refractivity contribution in [1.29, 1.82) is 0 Å². The molecule has 2 nitrogen and oxygen atoms in total. The molecule has 2 atom stereocenters. The maximum absolute atomic E-state index is 9.84. The Hall–Kier alpha value is -0.0800. The molecule has 14 heavy (non-hydrogen) atoms. The van der Waals surface area contributed by atoms with Gasteiger partial charge in [0.2, 0.25) is 0 Å². The zero-order valence-corrected chi connectivity index (χ0v) is 9.04. The van der Waals surface area contributed by atoms with Gasteiger partial charge in [0.25, 0.3) is 0 Å². The molecular weight excluding hydrogens is 174 g/mol. The monoisotopic (exact) mass is 197 g/mol. The Morgan fingerprint density at radius 1 is 0.786 bits per heavy atom. The molecule has 0 aromatic carbocycles. The normalized spacial score (nSPS) is 35.8. The fraction of sp³-hybridized carbons (Fsp3) is 1.00. The van der Waals surface area contributed by atoms with Gasteiger partial charge >= 0.3 is 0 Å². The molecule has 0 saturated heterocycles. The van der Waals surface area contributed by atoms with Gasteiger partial charge < -0.3 is 10.4 Å². The van der Waals surface area contributed by atoms with Crippen molar-refractivity contribution in [2.24, 2.45) is 0 Å². The van der Waals surface area contributed by atoms with Gasteiger partial charge in [0.15, 0.2) is 0 Å². The molecule has 2 aliphatic carbocycles. The quantitative estimate of drug-likeness (QED) is 0.711. The molecule has 2 heteroatoms. The van der Waals surface area contributed by atoms with E-state index in [0.29, 0.717) is 12.1 Å². The summed E-state index contributed by atoms with van der Waals surface area (Å²) in [7, 11) is 0. The average molecular weight is 197 g/mol. The second kappa shape index (κ2) is 5.13. The number of rotatable bonds is 2. The van der Waals surface area contributed by atoms with Gasteiger partial charge in [-0.2, -0.15) is 0 Å². The van der Waals surface area contributed by atoms with Gasteiger partial charge in [0.05, 0.1) is 6.10 Å². The van der Waals surface area contributed by atoms with Gasteiger partial charge in [-0.05, 0) is 25.7 Å². The molecule has 82 valence electrons. The topological polar surface area (TPSA) is 32.3 Å². The van der Waals surface area contributed by atoms with E-state index in [0.717, 1.165) is 6.42 Å². The molecular formula is C12H23NO. The van der Waals surface area contributed by atoms with Gasteiger partial charge in [-0.25, -0.2) is 0 Å². The lowest BCUT2D eigenvalue weighted by atomic mass is 9.89. The molecule has 0 aliphatic heterocycles. The SMILES string of the molecule is O[C@@H]1CCCC[C@H]1NC1CCCCC1. The minimum absolute atomic E-state index is 0.0781. The van der Waals surface area contributed by atoms with E-state index in [1.807, 2.05) is 0 Å². The van der Waals surface area contributed by atoms with Crippen molar-refractivity contribution in [2.45, 2.75) is 76.0 Å². The Balaban J connectivity index is 1.76. The fourth-order valence-corrected chi connectivity index (χ4v) is 2.88. The third-order valence-electron chi connectivity index (χ3n) is 3.78. The first kappa shape index (κ1) is 10.4. The van der Waals surface area contributed by atoms with Crippen molar-refractivity contribution in [2.75, 3.05) is 0 Å². The van der Waals surface area contributed by atoms with Gasteiger partial charge in [0, 0.05) is 12.1 Å². The van der Waals surface area contributed by atoms with E-state index in [9.17, 15) is 5.11 Å². The van der Waals surface area contributed by atoms with Crippen molar-refractivity contribution in [1.82, 2.24) is 5.32 Å². The highest BCUT2D eigenvalue weighted by atomic mass is 16.3. The smallest absolute Gasteiger partial charge is 0.0693 e. The van der Waals surface area contributed by atoms with Crippen LogP contribution >= 0.6 is 0 Å². The Morgan fingerprint density at radius 3 is 2.14 bits per heavy atom. The predicted octanol–water partition coefficient (Wildman–Crippen LogP) is 2.21. The Kier molecular flexibility index (Phi) is 3.82. The molecule has 2 fully saturated rings. The maximum atomic E-state index is 9.84. The molecule has 0 amide bonds. The number of aliphatic hydroxyl groups is 1. The highest BCUT2D eigenvalue weighted by molar-refractivity contribution is 4.84. The van der Waals surface area contributed by atoms with Gasteiger partial charge in [-0.1, -0.05) is 32.1 Å². The lowest BCUT2D eigenvalue weighted by Crippen LogP contribution is -2.47. The summed E-state index contributed by atoms with van der Waals surface area (Å²) in [5, 5.41) is 13.5. The summed E-state index contributed by atoms with van der Waals surface area (Å²) in [5.41, 5.74) is 0. The van der Waals surface area contributed by atoms with Crippen molar-refractivity contribution in [3.05, 3.63) is 0 Å². The van der Waals surface area contributed by atoms with Gasteiger partial charge in [0.1, 0.15) is 0 Å². The summed E-state index contributed by atoms with van der Waals surface area (Å²) >= 11 is 0. The van der Waals surface area contributed by atoms with Crippen LogP contribution in [0.3, 0.4) is 0 Å². The van der Waals surface area contributed by atoms with Crippen LogP contribution in [0.1, 0.15) is 57.8 Å². The van der Waals surface area contributed by atoms with E-state index in [1.54, 1.807) is 0 Å². The molecule has 2 aliphatic rings. The largest absolute Gasteiger partial charge is 0.392 e. The Bertz CT molecular complexity index is 166. The van der Waals surface area contributed by atoms with E-state index in [-0.39, 0.29) is 6.10 Å². The second-order valence-corrected chi connectivity index (χ2v) is 4.96. The Labute approximate surface area is 87.1 Å². The molecule has 0 unspecified atom stereocenters. The lowest BCUT2D eigenvalue weighted by molar-refractivity contribution is 0.0816. The lowest BCUT2D eigenvalue weighted by Gasteiger charge is -2.33. The van der Waals surface area contributed by atoms with E-state index in [2.05, 4.69) is 5.32 Å². The van der Waals surface area contributed by atoms with Crippen LogP contribution in [0.2, 0.25) is 0 Å². The van der Waals surface area contributed by atoms with Crippen LogP contribution in [0.15, 0.2) is 0 Å². The van der Waals surface area contributed by atoms with Crippen molar-refractivity contribution in [3.8, 4) is 0 Å². The van der Waals surface area contributed by atoms with Crippen LogP contribution in [-0.2, 0) is 0 Å². The van der Waals surface area contributed by atoms with Crippen molar-refractivity contribution >= 4 is 0 Å². The second-order valence-electron chi connectivity index (χ2n) is 4.96. The summed E-state index contributed by atoms with van der Waals surface area (Å²) in [4.78, 5) is 0. The predicted molar refractivity (Wildman–Crippen MR) is 58.3 cm³/mol. The van der Waals surface area contributed by atoms with E-state index in [1.165, 1.54) is 51.4 Å². The maximum Gasteiger partial charge on any atom is 0.0693 e. The molecule has 2 rings (SSSR count). The zero-order valence-electron chi connectivity index (χ0n) is 9.04. The van der Waals surface area contributed by atoms with Crippen LogP contribution in [0.25, 0.3) is 0 Å². The third kappa shape index (κ3) is 2.71. The zero-order chi connectivity index (χ0) is 9.80.